The minimum atomic E-state index is -0.207. The molecule has 0 bridgehead atoms. The number of hydrogen-bond donors (Lipinski definition) is 0. The van der Waals surface area contributed by atoms with E-state index in [1.807, 2.05) is 49.4 Å². The number of ether oxygens (including phenoxy) is 3. The van der Waals surface area contributed by atoms with Gasteiger partial charge in [-0.15, -0.1) is 0 Å². The predicted octanol–water partition coefficient (Wildman–Crippen LogP) is 3.21. The first kappa shape index (κ1) is 15.8. The van der Waals surface area contributed by atoms with Crippen LogP contribution in [0.3, 0.4) is 0 Å². The Morgan fingerprint density at radius 1 is 1.09 bits per heavy atom. The van der Waals surface area contributed by atoms with E-state index in [4.69, 9.17) is 14.2 Å². The molecule has 1 heterocycles. The summed E-state index contributed by atoms with van der Waals surface area (Å²) in [4.78, 5) is 0. The normalized spacial score (nSPS) is 19.1. The molecule has 1 aliphatic rings. The fourth-order valence-electron chi connectivity index (χ4n) is 2.68. The van der Waals surface area contributed by atoms with Crippen LogP contribution in [0, 0.1) is 0 Å². The molecule has 4 heteroatoms. The van der Waals surface area contributed by atoms with Crippen molar-refractivity contribution in [3.05, 3.63) is 60.2 Å². The first-order valence-electron chi connectivity index (χ1n) is 8.06. The second-order valence-electron chi connectivity index (χ2n) is 5.37. The van der Waals surface area contributed by atoms with Crippen molar-refractivity contribution >= 4 is 0 Å². The van der Waals surface area contributed by atoms with Crippen LogP contribution in [-0.4, -0.2) is 32.4 Å². The summed E-state index contributed by atoms with van der Waals surface area (Å²) in [5.41, 5.74) is 1.08. The van der Waals surface area contributed by atoms with E-state index in [1.165, 1.54) is 0 Å². The number of benzene rings is 2. The van der Waals surface area contributed by atoms with E-state index in [0.29, 0.717) is 19.8 Å². The lowest BCUT2D eigenvalue weighted by Crippen LogP contribution is -2.40. The zero-order valence-corrected chi connectivity index (χ0v) is 13.4. The van der Waals surface area contributed by atoms with E-state index in [9.17, 15) is 0 Å². The maximum Gasteiger partial charge on any atom is 0.162 e. The third-order valence-electron chi connectivity index (χ3n) is 3.76. The Hall–Kier alpha value is -2.04. The van der Waals surface area contributed by atoms with E-state index >= 15 is 0 Å². The fraction of sp³-hybridized carbons (Fsp3) is 0.368. The molecule has 0 aromatic heterocycles. The first-order valence-corrected chi connectivity index (χ1v) is 8.06. The molecule has 0 spiro atoms. The van der Waals surface area contributed by atoms with E-state index in [0.717, 1.165) is 23.6 Å². The summed E-state index contributed by atoms with van der Waals surface area (Å²) in [6, 6.07) is 17.9. The predicted molar refractivity (Wildman–Crippen MR) is 89.0 cm³/mol. The molecule has 0 unspecified atom stereocenters. The van der Waals surface area contributed by atoms with Crippen LogP contribution in [0.25, 0.3) is 0 Å². The number of morpholine rings is 1. The molecule has 1 saturated heterocycles. The highest BCUT2D eigenvalue weighted by atomic mass is 16.6. The van der Waals surface area contributed by atoms with Gasteiger partial charge in [0.15, 0.2) is 17.6 Å². The fourth-order valence-corrected chi connectivity index (χ4v) is 2.68. The highest BCUT2D eigenvalue weighted by Gasteiger charge is 2.29. The van der Waals surface area contributed by atoms with Gasteiger partial charge in [0, 0.05) is 13.1 Å². The van der Waals surface area contributed by atoms with Crippen LogP contribution in [0.1, 0.15) is 18.6 Å². The van der Waals surface area contributed by atoms with Crippen molar-refractivity contribution in [1.82, 2.24) is 5.32 Å². The van der Waals surface area contributed by atoms with Gasteiger partial charge in [-0.1, -0.05) is 42.5 Å². The Kier molecular flexibility index (Phi) is 5.51. The Morgan fingerprint density at radius 2 is 1.83 bits per heavy atom. The lowest BCUT2D eigenvalue weighted by atomic mass is 10.0. The number of nitrogens with zero attached hydrogens (tertiary/aromatic N) is 1. The first-order chi connectivity index (χ1) is 11.4. The molecule has 0 N–H and O–H groups in total. The average molecular weight is 312 g/mol. The lowest BCUT2D eigenvalue weighted by molar-refractivity contribution is -0.0450. The van der Waals surface area contributed by atoms with Gasteiger partial charge in [-0.25, -0.2) is 5.32 Å². The van der Waals surface area contributed by atoms with Crippen LogP contribution in [0.15, 0.2) is 54.6 Å². The molecule has 0 amide bonds. The van der Waals surface area contributed by atoms with E-state index in [2.05, 4.69) is 17.4 Å². The van der Waals surface area contributed by atoms with Crippen LogP contribution >= 0.6 is 0 Å². The summed E-state index contributed by atoms with van der Waals surface area (Å²) in [7, 11) is 0. The molecule has 1 radical (unpaired) electrons. The van der Waals surface area contributed by atoms with Gasteiger partial charge in [0.1, 0.15) is 6.10 Å². The van der Waals surface area contributed by atoms with Crippen LogP contribution in [0.2, 0.25) is 0 Å². The quantitative estimate of drug-likeness (QED) is 0.822. The molecule has 2 atom stereocenters. The van der Waals surface area contributed by atoms with Crippen molar-refractivity contribution in [2.45, 2.75) is 19.1 Å². The molecular weight excluding hydrogens is 290 g/mol. The smallest absolute Gasteiger partial charge is 0.162 e. The van der Waals surface area contributed by atoms with Crippen molar-refractivity contribution in [2.75, 3.05) is 26.3 Å². The van der Waals surface area contributed by atoms with Gasteiger partial charge in [-0.05, 0) is 24.6 Å². The maximum absolute atomic E-state index is 6.31. The van der Waals surface area contributed by atoms with Crippen molar-refractivity contribution in [3.8, 4) is 11.5 Å². The van der Waals surface area contributed by atoms with Crippen LogP contribution in [0.5, 0.6) is 11.5 Å². The third-order valence-corrected chi connectivity index (χ3v) is 3.76. The molecule has 0 aliphatic carbocycles. The van der Waals surface area contributed by atoms with Crippen molar-refractivity contribution in [1.29, 1.82) is 0 Å². The SMILES string of the molecule is CCOc1ccccc1O[C@@H](c1ccccc1)[C@@H]1C[N]CCO1. The van der Waals surface area contributed by atoms with Gasteiger partial charge >= 0.3 is 0 Å². The Bertz CT molecular complexity index is 597. The standard InChI is InChI=1S/C19H22NO3/c1-2-21-16-10-6-7-11-17(16)23-19(15-8-4-3-5-9-15)18-14-20-12-13-22-18/h3-11,18-19H,2,12-14H2,1H3/t18-,19-/m0/s1. The molecule has 1 aliphatic heterocycles. The Morgan fingerprint density at radius 3 is 2.52 bits per heavy atom. The third kappa shape index (κ3) is 4.03. The Balaban J connectivity index is 1.86. The second kappa shape index (κ2) is 7.99. The van der Waals surface area contributed by atoms with Gasteiger partial charge < -0.3 is 14.2 Å². The van der Waals surface area contributed by atoms with Gasteiger partial charge in [-0.3, -0.25) is 0 Å². The number of para-hydroxylation sites is 2. The highest BCUT2D eigenvalue weighted by Crippen LogP contribution is 2.33. The summed E-state index contributed by atoms with van der Waals surface area (Å²) in [6.45, 7) is 4.62. The van der Waals surface area contributed by atoms with E-state index in [-0.39, 0.29) is 12.2 Å². The molecule has 23 heavy (non-hydrogen) atoms. The van der Waals surface area contributed by atoms with Gasteiger partial charge in [0.25, 0.3) is 0 Å². The lowest BCUT2D eigenvalue weighted by Gasteiger charge is -2.31. The van der Waals surface area contributed by atoms with Crippen molar-refractivity contribution in [2.24, 2.45) is 0 Å². The molecule has 1 fully saturated rings. The van der Waals surface area contributed by atoms with Gasteiger partial charge in [0.2, 0.25) is 0 Å². The summed E-state index contributed by atoms with van der Waals surface area (Å²) >= 11 is 0. The second-order valence-corrected chi connectivity index (χ2v) is 5.37. The van der Waals surface area contributed by atoms with Crippen LogP contribution < -0.4 is 14.8 Å². The maximum atomic E-state index is 6.31. The summed E-state index contributed by atoms with van der Waals surface area (Å²) in [5, 5.41) is 4.47. The highest BCUT2D eigenvalue weighted by molar-refractivity contribution is 5.40. The molecule has 121 valence electrons. The minimum Gasteiger partial charge on any atom is -0.490 e. The molecule has 3 rings (SSSR count). The average Bonchev–Trinajstić information content (AvgIpc) is 2.63. The largest absolute Gasteiger partial charge is 0.490 e. The molecule has 0 saturated carbocycles. The van der Waals surface area contributed by atoms with E-state index in [1.54, 1.807) is 0 Å². The van der Waals surface area contributed by atoms with Crippen LogP contribution in [-0.2, 0) is 4.74 Å². The van der Waals surface area contributed by atoms with Gasteiger partial charge in [0.05, 0.1) is 13.2 Å². The molecule has 4 nitrogen and oxygen atoms in total. The summed E-state index contributed by atoms with van der Waals surface area (Å²) < 4.78 is 17.9. The Labute approximate surface area is 137 Å². The summed E-state index contributed by atoms with van der Waals surface area (Å²) in [5.74, 6) is 1.49. The molecule has 2 aromatic carbocycles. The number of hydrogen-bond acceptors (Lipinski definition) is 3. The van der Waals surface area contributed by atoms with E-state index < -0.39 is 0 Å². The minimum absolute atomic E-state index is 0.0826. The van der Waals surface area contributed by atoms with Crippen molar-refractivity contribution in [3.63, 3.8) is 0 Å². The van der Waals surface area contributed by atoms with Crippen molar-refractivity contribution < 1.29 is 14.2 Å². The zero-order chi connectivity index (χ0) is 15.9. The monoisotopic (exact) mass is 312 g/mol. The van der Waals surface area contributed by atoms with Gasteiger partial charge in [-0.2, -0.15) is 0 Å². The zero-order valence-electron chi connectivity index (χ0n) is 13.4. The summed E-state index contributed by atoms with van der Waals surface area (Å²) in [6.07, 6.45) is -0.289. The molecular formula is C19H22NO3. The topological polar surface area (TPSA) is 41.8 Å². The van der Waals surface area contributed by atoms with Crippen LogP contribution in [0.4, 0.5) is 0 Å². The molecule has 2 aromatic rings. The number of rotatable bonds is 6.